The van der Waals surface area contributed by atoms with Gasteiger partial charge in [0.05, 0.1) is 13.2 Å². The number of methoxy groups -OCH3 is 2. The first kappa shape index (κ1) is 15.3. The maximum atomic E-state index is 11.4. The van der Waals surface area contributed by atoms with E-state index < -0.39 is 5.97 Å². The molecule has 1 aromatic rings. The summed E-state index contributed by atoms with van der Waals surface area (Å²) in [4.78, 5) is 13.2. The lowest BCUT2D eigenvalue weighted by Gasteiger charge is -2.22. The molecular weight excluding hydrogens is 250 g/mol. The fourth-order valence-corrected chi connectivity index (χ4v) is 1.41. The number of hydrogen-bond acceptors (Lipinski definition) is 7. The molecule has 0 saturated heterocycles. The molecule has 0 saturated carbocycles. The summed E-state index contributed by atoms with van der Waals surface area (Å²) in [5.41, 5.74) is 0.189. The van der Waals surface area contributed by atoms with Gasteiger partial charge in [-0.1, -0.05) is 0 Å². The number of carbonyl (C=O) groups excluding carboxylic acids is 1. The maximum Gasteiger partial charge on any atom is 0.358 e. The lowest BCUT2D eigenvalue weighted by atomic mass is 10.3. The second-order valence-electron chi connectivity index (χ2n) is 3.78. The number of anilines is 1. The van der Waals surface area contributed by atoms with Crippen molar-refractivity contribution in [3.05, 3.63) is 17.8 Å². The number of likely N-dealkylation sites (N-methyl/N-ethyl adjacent to an activating group) is 1. The molecule has 0 aromatic carbocycles. The van der Waals surface area contributed by atoms with E-state index >= 15 is 0 Å². The van der Waals surface area contributed by atoms with Crippen molar-refractivity contribution in [2.24, 2.45) is 0 Å². The van der Waals surface area contributed by atoms with Crippen LogP contribution in [0.15, 0.2) is 12.1 Å². The van der Waals surface area contributed by atoms with Crippen LogP contribution in [0.25, 0.3) is 0 Å². The molecule has 0 radical (unpaired) electrons. The van der Waals surface area contributed by atoms with E-state index in [9.17, 15) is 4.79 Å². The van der Waals surface area contributed by atoms with Crippen LogP contribution in [0.1, 0.15) is 17.4 Å². The Morgan fingerprint density at radius 1 is 1.32 bits per heavy atom. The highest BCUT2D eigenvalue weighted by Gasteiger charge is 2.13. The molecule has 0 aliphatic rings. The van der Waals surface area contributed by atoms with Crippen LogP contribution in [0.4, 0.5) is 5.82 Å². The minimum absolute atomic E-state index is 0.189. The van der Waals surface area contributed by atoms with Crippen LogP contribution in [0.3, 0.4) is 0 Å². The molecule has 7 nitrogen and oxygen atoms in total. The van der Waals surface area contributed by atoms with Crippen LogP contribution in [-0.2, 0) is 14.2 Å². The molecule has 0 aliphatic carbocycles. The lowest BCUT2D eigenvalue weighted by Crippen LogP contribution is -2.32. The van der Waals surface area contributed by atoms with Crippen LogP contribution < -0.4 is 4.90 Å². The van der Waals surface area contributed by atoms with Gasteiger partial charge in [-0.25, -0.2) is 4.79 Å². The molecule has 0 bridgehead atoms. The lowest BCUT2D eigenvalue weighted by molar-refractivity contribution is -0.0945. The smallest absolute Gasteiger partial charge is 0.358 e. The summed E-state index contributed by atoms with van der Waals surface area (Å²) in [5.74, 6) is 0.142. The molecule has 1 aromatic heterocycles. The van der Waals surface area contributed by atoms with Crippen molar-refractivity contribution >= 4 is 11.8 Å². The molecule has 1 rings (SSSR count). The first-order valence-corrected chi connectivity index (χ1v) is 5.90. The third kappa shape index (κ3) is 4.46. The third-order valence-corrected chi connectivity index (χ3v) is 2.47. The van der Waals surface area contributed by atoms with Crippen LogP contribution in [0.5, 0.6) is 0 Å². The Bertz CT molecular complexity index is 392. The van der Waals surface area contributed by atoms with Gasteiger partial charge in [-0.2, -0.15) is 0 Å². The zero-order valence-electron chi connectivity index (χ0n) is 11.6. The Hall–Kier alpha value is -1.73. The predicted octanol–water partition coefficient (Wildman–Crippen LogP) is 0.708. The Kier molecular flexibility index (Phi) is 6.17. The van der Waals surface area contributed by atoms with Gasteiger partial charge in [-0.3, -0.25) is 0 Å². The van der Waals surface area contributed by atoms with E-state index in [4.69, 9.17) is 14.2 Å². The summed E-state index contributed by atoms with van der Waals surface area (Å²) >= 11 is 0. The van der Waals surface area contributed by atoms with Gasteiger partial charge in [-0.15, -0.1) is 10.2 Å². The van der Waals surface area contributed by atoms with Gasteiger partial charge in [-0.05, 0) is 19.1 Å². The second kappa shape index (κ2) is 7.65. The van der Waals surface area contributed by atoms with Crippen molar-refractivity contribution < 1.29 is 19.0 Å². The highest BCUT2D eigenvalue weighted by atomic mass is 16.7. The van der Waals surface area contributed by atoms with E-state index in [1.165, 1.54) is 0 Å². The normalized spacial score (nSPS) is 10.6. The van der Waals surface area contributed by atoms with Crippen molar-refractivity contribution in [1.82, 2.24) is 10.2 Å². The molecule has 0 atom stereocenters. The van der Waals surface area contributed by atoms with Crippen molar-refractivity contribution in [2.45, 2.75) is 13.2 Å². The predicted molar refractivity (Wildman–Crippen MR) is 69.1 cm³/mol. The summed E-state index contributed by atoms with van der Waals surface area (Å²) in [6.45, 7) is 2.55. The van der Waals surface area contributed by atoms with Gasteiger partial charge in [0.25, 0.3) is 0 Å². The van der Waals surface area contributed by atoms with Crippen LogP contribution in [0, 0.1) is 0 Å². The van der Waals surface area contributed by atoms with E-state index in [-0.39, 0.29) is 12.0 Å². The molecule has 7 heteroatoms. The average Bonchev–Trinajstić information content (AvgIpc) is 2.45. The maximum absolute atomic E-state index is 11.4. The number of carbonyl (C=O) groups is 1. The minimum Gasteiger partial charge on any atom is -0.461 e. The van der Waals surface area contributed by atoms with Gasteiger partial charge >= 0.3 is 5.97 Å². The summed E-state index contributed by atoms with van der Waals surface area (Å²) in [7, 11) is 4.97. The standard InChI is InChI=1S/C12H19N3O4/c1-5-19-12(16)9-6-7-10(14-13-9)15(2)8-11(17-3)18-4/h6-7,11H,5,8H2,1-4H3. The largest absolute Gasteiger partial charge is 0.461 e. The monoisotopic (exact) mass is 269 g/mol. The zero-order valence-corrected chi connectivity index (χ0v) is 11.6. The molecule has 0 N–H and O–H groups in total. The first-order valence-electron chi connectivity index (χ1n) is 5.90. The number of ether oxygens (including phenoxy) is 3. The average molecular weight is 269 g/mol. The SMILES string of the molecule is CCOC(=O)c1ccc(N(C)CC(OC)OC)nn1. The topological polar surface area (TPSA) is 73.8 Å². The van der Waals surface area contributed by atoms with E-state index in [0.29, 0.717) is 19.0 Å². The number of nitrogens with zero attached hydrogens (tertiary/aromatic N) is 3. The Labute approximate surface area is 112 Å². The van der Waals surface area contributed by atoms with Gasteiger partial charge in [0.2, 0.25) is 0 Å². The number of hydrogen-bond donors (Lipinski definition) is 0. The summed E-state index contributed by atoms with van der Waals surface area (Å²) in [6.07, 6.45) is -0.350. The van der Waals surface area contributed by atoms with E-state index in [2.05, 4.69) is 10.2 Å². The highest BCUT2D eigenvalue weighted by molar-refractivity contribution is 5.87. The molecule has 19 heavy (non-hydrogen) atoms. The van der Waals surface area contributed by atoms with Crippen molar-refractivity contribution in [3.8, 4) is 0 Å². The van der Waals surface area contributed by atoms with Gasteiger partial charge < -0.3 is 19.1 Å². The van der Waals surface area contributed by atoms with Gasteiger partial charge in [0.1, 0.15) is 0 Å². The van der Waals surface area contributed by atoms with E-state index in [1.807, 2.05) is 11.9 Å². The first-order chi connectivity index (χ1) is 9.12. The molecule has 0 fully saturated rings. The zero-order chi connectivity index (χ0) is 14.3. The summed E-state index contributed by atoms with van der Waals surface area (Å²) in [5, 5.41) is 7.80. The molecule has 0 amide bonds. The number of esters is 1. The van der Waals surface area contributed by atoms with Gasteiger partial charge in [0.15, 0.2) is 17.8 Å². The molecule has 106 valence electrons. The molecular formula is C12H19N3O4. The Balaban J connectivity index is 2.67. The van der Waals surface area contributed by atoms with Crippen LogP contribution >= 0.6 is 0 Å². The molecule has 0 aliphatic heterocycles. The fourth-order valence-electron chi connectivity index (χ4n) is 1.41. The molecule has 0 unspecified atom stereocenters. The Morgan fingerprint density at radius 3 is 2.47 bits per heavy atom. The summed E-state index contributed by atoms with van der Waals surface area (Å²) in [6, 6.07) is 3.27. The van der Waals surface area contributed by atoms with Crippen molar-refractivity contribution in [1.29, 1.82) is 0 Å². The van der Waals surface area contributed by atoms with Crippen molar-refractivity contribution in [2.75, 3.05) is 39.3 Å². The minimum atomic E-state index is -0.476. The number of aromatic nitrogens is 2. The van der Waals surface area contributed by atoms with E-state index in [0.717, 1.165) is 0 Å². The van der Waals surface area contributed by atoms with Crippen LogP contribution in [-0.4, -0.2) is 56.9 Å². The molecule has 0 spiro atoms. The third-order valence-electron chi connectivity index (χ3n) is 2.47. The highest BCUT2D eigenvalue weighted by Crippen LogP contribution is 2.09. The summed E-state index contributed by atoms with van der Waals surface area (Å²) < 4.78 is 15.0. The van der Waals surface area contributed by atoms with Gasteiger partial charge in [0, 0.05) is 21.3 Å². The van der Waals surface area contributed by atoms with Crippen molar-refractivity contribution in [3.63, 3.8) is 0 Å². The van der Waals surface area contributed by atoms with E-state index in [1.54, 1.807) is 33.3 Å². The Morgan fingerprint density at radius 2 is 2.00 bits per heavy atom. The fraction of sp³-hybridized carbons (Fsp3) is 0.583. The number of rotatable bonds is 7. The molecule has 1 heterocycles. The second-order valence-corrected chi connectivity index (χ2v) is 3.78. The quantitative estimate of drug-likeness (QED) is 0.533. The van der Waals surface area contributed by atoms with Crippen LogP contribution in [0.2, 0.25) is 0 Å².